The number of carbonyl (C=O) groups excluding carboxylic acids is 4. The van der Waals surface area contributed by atoms with Crippen LogP contribution >= 0.6 is 15.6 Å². The van der Waals surface area contributed by atoms with Gasteiger partial charge in [-0.15, -0.1) is 0 Å². The van der Waals surface area contributed by atoms with Crippen molar-refractivity contribution in [3.05, 3.63) is 170 Å². The molecule has 17 nitrogen and oxygen atoms in total. The van der Waals surface area contributed by atoms with Crippen LogP contribution < -0.4 is 0 Å². The molecule has 614 valence electrons. The van der Waals surface area contributed by atoms with E-state index in [9.17, 15) is 43.2 Å². The molecule has 0 spiro atoms. The van der Waals surface area contributed by atoms with Crippen molar-refractivity contribution < 1.29 is 80.2 Å². The zero-order valence-corrected chi connectivity index (χ0v) is 69.0. The van der Waals surface area contributed by atoms with Gasteiger partial charge < -0.3 is 33.8 Å². The Hall–Kier alpha value is -5.58. The Morgan fingerprint density at radius 3 is 0.731 bits per heavy atom. The molecule has 0 fully saturated rings. The van der Waals surface area contributed by atoms with E-state index in [2.05, 4.69) is 186 Å². The lowest BCUT2D eigenvalue weighted by atomic mass is 10.1. The molecule has 5 unspecified atom stereocenters. The average Bonchev–Trinajstić information content (AvgIpc) is 0.880. The highest BCUT2D eigenvalue weighted by molar-refractivity contribution is 7.47. The van der Waals surface area contributed by atoms with E-state index in [1.807, 2.05) is 12.2 Å². The summed E-state index contributed by atoms with van der Waals surface area (Å²) >= 11 is 0. The Bertz CT molecular complexity index is 2710. The van der Waals surface area contributed by atoms with Gasteiger partial charge in [-0.3, -0.25) is 37.3 Å². The molecule has 0 bridgehead atoms. The van der Waals surface area contributed by atoms with Crippen LogP contribution in [0.4, 0.5) is 0 Å². The molecule has 108 heavy (non-hydrogen) atoms. The number of aliphatic hydroxyl groups excluding tert-OH is 1. The van der Waals surface area contributed by atoms with E-state index in [0.29, 0.717) is 32.1 Å². The van der Waals surface area contributed by atoms with Gasteiger partial charge in [-0.2, -0.15) is 0 Å². The number of esters is 4. The normalized spacial score (nSPS) is 14.7. The first-order valence-electron chi connectivity index (χ1n) is 41.4. The number of rotatable bonds is 76. The summed E-state index contributed by atoms with van der Waals surface area (Å²) < 4.78 is 68.7. The molecule has 0 aliphatic rings. The Morgan fingerprint density at radius 2 is 0.463 bits per heavy atom. The van der Waals surface area contributed by atoms with Crippen molar-refractivity contribution in [1.82, 2.24) is 0 Å². The second-order valence-electron chi connectivity index (χ2n) is 26.9. The number of aliphatic hydroxyl groups is 1. The van der Waals surface area contributed by atoms with E-state index < -0.39 is 97.5 Å². The number of hydrogen-bond acceptors (Lipinski definition) is 15. The minimum atomic E-state index is -5.00. The van der Waals surface area contributed by atoms with Crippen molar-refractivity contribution in [2.75, 3.05) is 39.6 Å². The van der Waals surface area contributed by atoms with E-state index in [1.54, 1.807) is 0 Å². The topological polar surface area (TPSA) is 237 Å². The largest absolute Gasteiger partial charge is 0.472 e. The number of phosphoric ester groups is 2. The fourth-order valence-electron chi connectivity index (χ4n) is 10.5. The molecule has 19 heteroatoms. The lowest BCUT2D eigenvalue weighted by molar-refractivity contribution is -0.161. The van der Waals surface area contributed by atoms with Gasteiger partial charge in [0.1, 0.15) is 19.3 Å². The minimum absolute atomic E-state index is 0.0657. The molecule has 0 heterocycles. The summed E-state index contributed by atoms with van der Waals surface area (Å²) in [5, 5.41) is 10.7. The molecule has 0 aliphatic heterocycles. The van der Waals surface area contributed by atoms with Crippen LogP contribution in [0.1, 0.15) is 310 Å². The van der Waals surface area contributed by atoms with E-state index >= 15 is 0 Å². The average molecular weight is 1550 g/mol. The number of phosphoric acid groups is 2. The molecule has 5 atom stereocenters. The number of hydrogen-bond donors (Lipinski definition) is 3. The molecule has 0 aromatic rings. The quantitative estimate of drug-likeness (QED) is 0.0169. The second-order valence-corrected chi connectivity index (χ2v) is 29.8. The van der Waals surface area contributed by atoms with Gasteiger partial charge in [0.15, 0.2) is 12.2 Å². The molecular weight excluding hydrogens is 1400 g/mol. The molecule has 0 aromatic carbocycles. The Labute approximate surface area is 654 Å². The molecule has 0 saturated heterocycles. The number of unbranched alkanes of at least 4 members (excludes halogenated alkanes) is 22. The van der Waals surface area contributed by atoms with Gasteiger partial charge in [0.2, 0.25) is 0 Å². The predicted molar refractivity (Wildman–Crippen MR) is 445 cm³/mol. The summed E-state index contributed by atoms with van der Waals surface area (Å²) in [6.07, 6.45) is 94.6. The van der Waals surface area contributed by atoms with Crippen molar-refractivity contribution in [3.8, 4) is 0 Å². The third kappa shape index (κ3) is 78.5. The SMILES string of the molecule is CC/C=C\C/C=C\C/C=C\C/C=C\C/C=C\CCCC(=O)OCC(COP(=O)(O)OCC(O)COP(=O)(O)OCC(COC(=O)CCCCCCCCC/C=C\C/C=C\C/C=C\CC)OC(=O)CCCCCCCCC/C=C\C/C=C\C/C=C\CC)OC(=O)CCCCCCCCC/C=C\C/C=C\C/C=C\CC. The third-order valence-electron chi connectivity index (χ3n) is 16.7. The highest BCUT2D eigenvalue weighted by atomic mass is 31.2. The Balaban J connectivity index is 5.46. The molecule has 0 rings (SSSR count). The van der Waals surface area contributed by atoms with Crippen LogP contribution in [-0.4, -0.2) is 96.7 Å². The van der Waals surface area contributed by atoms with Crippen molar-refractivity contribution in [3.63, 3.8) is 0 Å². The zero-order valence-electron chi connectivity index (χ0n) is 67.2. The summed E-state index contributed by atoms with van der Waals surface area (Å²) in [7, 11) is -10.0. The lowest BCUT2D eigenvalue weighted by Crippen LogP contribution is -2.30. The highest BCUT2D eigenvalue weighted by Crippen LogP contribution is 2.45. The minimum Gasteiger partial charge on any atom is -0.462 e. The van der Waals surface area contributed by atoms with Crippen LogP contribution in [0.3, 0.4) is 0 Å². The van der Waals surface area contributed by atoms with Crippen LogP contribution in [0.5, 0.6) is 0 Å². The van der Waals surface area contributed by atoms with Crippen LogP contribution in [-0.2, 0) is 65.4 Å². The van der Waals surface area contributed by atoms with Gasteiger partial charge in [0.25, 0.3) is 0 Å². The molecular formula is C89H146O17P2. The molecule has 0 radical (unpaired) electrons. The van der Waals surface area contributed by atoms with Crippen LogP contribution in [0.15, 0.2) is 170 Å². The summed E-state index contributed by atoms with van der Waals surface area (Å²) in [4.78, 5) is 73.2. The summed E-state index contributed by atoms with van der Waals surface area (Å²) in [5.74, 6) is -2.28. The van der Waals surface area contributed by atoms with Gasteiger partial charge >= 0.3 is 39.5 Å². The van der Waals surface area contributed by atoms with E-state index in [0.717, 1.165) is 225 Å². The number of allylic oxidation sites excluding steroid dienone is 28. The highest BCUT2D eigenvalue weighted by Gasteiger charge is 2.30. The summed E-state index contributed by atoms with van der Waals surface area (Å²) in [5.41, 5.74) is 0. The van der Waals surface area contributed by atoms with Gasteiger partial charge in [0, 0.05) is 25.7 Å². The van der Waals surface area contributed by atoms with Gasteiger partial charge in [-0.25, -0.2) is 9.13 Å². The molecule has 0 amide bonds. The van der Waals surface area contributed by atoms with E-state index in [4.69, 9.17) is 37.0 Å². The van der Waals surface area contributed by atoms with Crippen LogP contribution in [0.25, 0.3) is 0 Å². The summed E-state index contributed by atoms with van der Waals surface area (Å²) in [6, 6.07) is 0. The standard InChI is InChI=1S/C89H146O17P2/c1-5-9-13-17-21-25-29-33-37-41-45-49-53-57-61-65-69-73-86(91)99-79-84(105-88(93)75-71-67-63-59-55-51-47-43-39-35-31-27-23-19-15-11-7-3)81-103-107(95,96)101-77-83(90)78-102-108(97,98)104-82-85(106-89(94)76-72-68-64-60-56-52-48-44-40-36-32-28-24-20-16-12-8-4)80-100-87(92)74-70-66-62-58-54-50-46-42-38-34-30-26-22-18-14-10-6-2/h9-16,21-28,33-40,45,49,57,61,83-85,90H,5-8,17-20,29-32,41-44,46-48,50-56,58-60,62-82H2,1-4H3,(H,95,96)(H,97,98)/b13-9-,14-10-,15-11-,16-12-,25-21-,26-22-,27-23-,28-24-,37-33-,38-34-,39-35-,40-36-,49-45-,61-57-. The van der Waals surface area contributed by atoms with Crippen molar-refractivity contribution in [1.29, 1.82) is 0 Å². The van der Waals surface area contributed by atoms with Gasteiger partial charge in [0.05, 0.1) is 26.4 Å². The molecule has 0 saturated carbocycles. The maximum Gasteiger partial charge on any atom is 0.472 e. The maximum atomic E-state index is 13.1. The first-order chi connectivity index (χ1) is 52.7. The zero-order chi connectivity index (χ0) is 78.9. The van der Waals surface area contributed by atoms with Gasteiger partial charge in [-0.05, 0) is 161 Å². The molecule has 3 N–H and O–H groups in total. The molecule has 0 aliphatic carbocycles. The summed E-state index contributed by atoms with van der Waals surface area (Å²) in [6.45, 7) is 4.34. The van der Waals surface area contributed by atoms with E-state index in [-0.39, 0.29) is 25.7 Å². The Kier molecular flexibility index (Phi) is 75.4. The van der Waals surface area contributed by atoms with Crippen molar-refractivity contribution in [2.45, 2.75) is 329 Å². The first-order valence-corrected chi connectivity index (χ1v) is 44.4. The molecule has 0 aromatic heterocycles. The van der Waals surface area contributed by atoms with Gasteiger partial charge in [-0.1, -0.05) is 294 Å². The van der Waals surface area contributed by atoms with Crippen molar-refractivity contribution >= 4 is 39.5 Å². The fourth-order valence-corrected chi connectivity index (χ4v) is 12.1. The fraction of sp³-hybridized carbons (Fsp3) is 0.640. The number of carbonyl (C=O) groups is 4. The monoisotopic (exact) mass is 1550 g/mol. The maximum absolute atomic E-state index is 13.1. The van der Waals surface area contributed by atoms with Crippen molar-refractivity contribution in [2.24, 2.45) is 0 Å². The first kappa shape index (κ1) is 102. The van der Waals surface area contributed by atoms with Crippen LogP contribution in [0, 0.1) is 0 Å². The third-order valence-corrected chi connectivity index (χ3v) is 18.6. The van der Waals surface area contributed by atoms with Crippen LogP contribution in [0.2, 0.25) is 0 Å². The predicted octanol–water partition coefficient (Wildman–Crippen LogP) is 24.6. The lowest BCUT2D eigenvalue weighted by Gasteiger charge is -2.21. The second kappa shape index (κ2) is 79.5. The Morgan fingerprint density at radius 1 is 0.259 bits per heavy atom. The smallest absolute Gasteiger partial charge is 0.462 e. The number of ether oxygens (including phenoxy) is 4. The van der Waals surface area contributed by atoms with E-state index in [1.165, 1.54) is 0 Å².